The van der Waals surface area contributed by atoms with Crippen molar-refractivity contribution in [3.63, 3.8) is 0 Å². The second-order valence-corrected chi connectivity index (χ2v) is 11.0. The molecule has 1 fully saturated rings. The first-order valence-electron chi connectivity index (χ1n) is 12.5. The molecule has 2 aromatic carbocycles. The number of allylic oxidation sites excluding steroid dienone is 2. The van der Waals surface area contributed by atoms with E-state index in [1.165, 1.54) is 53.4 Å². The molecule has 1 N–H and O–H groups in total. The van der Waals surface area contributed by atoms with Gasteiger partial charge in [0.1, 0.15) is 18.3 Å². The van der Waals surface area contributed by atoms with Crippen molar-refractivity contribution >= 4 is 17.8 Å². The van der Waals surface area contributed by atoms with Crippen LogP contribution in [0, 0.1) is 0 Å². The van der Waals surface area contributed by atoms with Crippen molar-refractivity contribution in [3.8, 4) is 0 Å². The Morgan fingerprint density at radius 3 is 2.02 bits per heavy atom. The van der Waals surface area contributed by atoms with Gasteiger partial charge in [0.05, 0.1) is 36.1 Å². The minimum atomic E-state index is -4.50. The van der Waals surface area contributed by atoms with Gasteiger partial charge in [-0.25, -0.2) is 9.67 Å². The van der Waals surface area contributed by atoms with E-state index >= 15 is 0 Å². The molecule has 4 rings (SSSR count). The van der Waals surface area contributed by atoms with Crippen LogP contribution in [0.15, 0.2) is 79.4 Å². The summed E-state index contributed by atoms with van der Waals surface area (Å²) in [6, 6.07) is 9.19. The van der Waals surface area contributed by atoms with Crippen LogP contribution in [0.1, 0.15) is 29.2 Å². The van der Waals surface area contributed by atoms with Gasteiger partial charge in [-0.3, -0.25) is 0 Å². The molecule has 1 aromatic heterocycles. The Bertz CT molecular complexity index is 1300. The van der Waals surface area contributed by atoms with Gasteiger partial charge in [-0.2, -0.15) is 31.4 Å². The van der Waals surface area contributed by atoms with Crippen LogP contribution in [0.4, 0.5) is 26.3 Å². The summed E-state index contributed by atoms with van der Waals surface area (Å²) in [6.45, 7) is 2.33. The molecule has 1 aliphatic heterocycles. The van der Waals surface area contributed by atoms with Gasteiger partial charge in [-0.15, -0.1) is 11.8 Å². The van der Waals surface area contributed by atoms with Crippen LogP contribution < -0.4 is 0 Å². The lowest BCUT2D eigenvalue weighted by atomic mass is 9.90. The standard InChI is InChI=1S/C28H27F6N3O3S/c1-19(26(38,16-37-18-35-17-36-37)21-10-12-23(13-11-21)28(32,33)34)41-24-14-39-25(40-15-24)5-3-2-4-20-6-8-22(9-7-20)27(29,30)31/h2-13,17-19,24-25,38H,14-16H2,1H3/b4-2+,5-3+/t19?,24-,25-,26?. The Labute approximate surface area is 236 Å². The highest BCUT2D eigenvalue weighted by Gasteiger charge is 2.40. The Morgan fingerprint density at radius 2 is 1.49 bits per heavy atom. The fraction of sp³-hybridized carbons (Fsp3) is 0.357. The molecule has 41 heavy (non-hydrogen) atoms. The van der Waals surface area contributed by atoms with E-state index in [0.29, 0.717) is 24.3 Å². The molecular weight excluding hydrogens is 572 g/mol. The van der Waals surface area contributed by atoms with Gasteiger partial charge >= 0.3 is 12.4 Å². The average Bonchev–Trinajstić information content (AvgIpc) is 3.44. The van der Waals surface area contributed by atoms with Crippen LogP contribution in [0.5, 0.6) is 0 Å². The Balaban J connectivity index is 1.34. The first-order chi connectivity index (χ1) is 19.3. The lowest BCUT2D eigenvalue weighted by molar-refractivity contribution is -0.146. The maximum atomic E-state index is 13.1. The largest absolute Gasteiger partial charge is 0.416 e. The molecule has 1 saturated heterocycles. The number of benzene rings is 2. The number of aromatic nitrogens is 3. The summed E-state index contributed by atoms with van der Waals surface area (Å²) >= 11 is 1.38. The molecule has 2 heterocycles. The molecule has 13 heteroatoms. The zero-order chi connectivity index (χ0) is 29.7. The van der Waals surface area contributed by atoms with Crippen molar-refractivity contribution in [1.82, 2.24) is 14.8 Å². The second-order valence-electron chi connectivity index (χ2n) is 9.39. The van der Waals surface area contributed by atoms with Crippen molar-refractivity contribution in [2.24, 2.45) is 0 Å². The lowest BCUT2D eigenvalue weighted by Gasteiger charge is -2.37. The predicted octanol–water partition coefficient (Wildman–Crippen LogP) is 6.34. The summed E-state index contributed by atoms with van der Waals surface area (Å²) in [5.41, 5.74) is -2.20. The first kappa shape index (κ1) is 30.8. The van der Waals surface area contributed by atoms with Gasteiger partial charge in [-0.05, 0) is 41.5 Å². The maximum Gasteiger partial charge on any atom is 0.416 e. The molecule has 0 spiro atoms. The molecule has 2 atom stereocenters. The number of alkyl halides is 6. The quantitative estimate of drug-likeness (QED) is 0.229. The normalized spacial score (nSPS) is 20.9. The van der Waals surface area contributed by atoms with E-state index in [0.717, 1.165) is 24.3 Å². The van der Waals surface area contributed by atoms with E-state index in [-0.39, 0.29) is 11.8 Å². The van der Waals surface area contributed by atoms with E-state index in [1.54, 1.807) is 31.2 Å². The number of hydrogen-bond acceptors (Lipinski definition) is 6. The van der Waals surface area contributed by atoms with Crippen molar-refractivity contribution < 1.29 is 40.9 Å². The monoisotopic (exact) mass is 599 g/mol. The molecule has 3 aromatic rings. The minimum Gasteiger partial charge on any atom is -0.382 e. The van der Waals surface area contributed by atoms with Crippen LogP contribution in [-0.2, 0) is 34.0 Å². The third kappa shape index (κ3) is 8.22. The first-order valence-corrected chi connectivity index (χ1v) is 13.4. The Morgan fingerprint density at radius 1 is 0.927 bits per heavy atom. The van der Waals surface area contributed by atoms with E-state index in [1.807, 2.05) is 0 Å². The van der Waals surface area contributed by atoms with Crippen LogP contribution in [0.3, 0.4) is 0 Å². The number of hydrogen-bond donors (Lipinski definition) is 1. The molecular formula is C28H27F6N3O3S. The van der Waals surface area contributed by atoms with Crippen molar-refractivity contribution in [2.75, 3.05) is 13.2 Å². The summed E-state index contributed by atoms with van der Waals surface area (Å²) < 4.78 is 90.2. The number of ether oxygens (including phenoxy) is 2. The molecule has 0 amide bonds. The highest BCUT2D eigenvalue weighted by molar-refractivity contribution is 8.00. The maximum absolute atomic E-state index is 13.1. The fourth-order valence-electron chi connectivity index (χ4n) is 4.16. The number of halogens is 6. The minimum absolute atomic E-state index is 0.0302. The van der Waals surface area contributed by atoms with Crippen molar-refractivity contribution in [3.05, 3.63) is 102 Å². The summed E-state index contributed by atoms with van der Waals surface area (Å²) in [5, 5.41) is 15.1. The molecule has 0 bridgehead atoms. The van der Waals surface area contributed by atoms with Gasteiger partial charge in [0.2, 0.25) is 0 Å². The second kappa shape index (κ2) is 12.8. The fourth-order valence-corrected chi connectivity index (χ4v) is 5.49. The topological polar surface area (TPSA) is 69.4 Å². The van der Waals surface area contributed by atoms with E-state index in [4.69, 9.17) is 9.47 Å². The summed E-state index contributed by atoms with van der Waals surface area (Å²) in [4.78, 5) is 3.88. The smallest absolute Gasteiger partial charge is 0.382 e. The van der Waals surface area contributed by atoms with Gasteiger partial charge in [0, 0.05) is 5.25 Å². The summed E-state index contributed by atoms with van der Waals surface area (Å²) in [6.07, 6.45) is -0.157. The number of aliphatic hydroxyl groups is 1. The molecule has 6 nitrogen and oxygen atoms in total. The Kier molecular flexibility index (Phi) is 9.62. The molecule has 220 valence electrons. The third-order valence-corrected chi connectivity index (χ3v) is 7.90. The van der Waals surface area contributed by atoms with Gasteiger partial charge < -0.3 is 14.6 Å². The Hall–Kier alpha value is -3.13. The van der Waals surface area contributed by atoms with Crippen LogP contribution in [-0.4, -0.2) is 49.9 Å². The highest BCUT2D eigenvalue weighted by atomic mass is 32.2. The summed E-state index contributed by atoms with van der Waals surface area (Å²) in [5.74, 6) is 0. The summed E-state index contributed by atoms with van der Waals surface area (Å²) in [7, 11) is 0. The predicted molar refractivity (Wildman–Crippen MR) is 142 cm³/mol. The average molecular weight is 600 g/mol. The van der Waals surface area contributed by atoms with Crippen LogP contribution >= 0.6 is 11.8 Å². The molecule has 0 aliphatic carbocycles. The number of rotatable bonds is 9. The third-order valence-electron chi connectivity index (χ3n) is 6.45. The highest BCUT2D eigenvalue weighted by Crippen LogP contribution is 2.39. The van der Waals surface area contributed by atoms with E-state index in [2.05, 4.69) is 10.1 Å². The molecule has 0 radical (unpaired) electrons. The zero-order valence-corrected chi connectivity index (χ0v) is 22.5. The molecule has 2 unspecified atom stereocenters. The van der Waals surface area contributed by atoms with Crippen LogP contribution in [0.2, 0.25) is 0 Å². The van der Waals surface area contributed by atoms with Crippen molar-refractivity contribution in [1.29, 1.82) is 0 Å². The van der Waals surface area contributed by atoms with Gasteiger partial charge in [0.15, 0.2) is 6.29 Å². The van der Waals surface area contributed by atoms with E-state index in [9.17, 15) is 31.4 Å². The SMILES string of the molecule is CC(S[C@H]1CO[C@H](/C=C/C=C/c2ccc(C(F)(F)F)cc2)OC1)C(O)(Cn1cncn1)c1ccc(C(F)(F)F)cc1. The molecule has 1 aliphatic rings. The number of nitrogens with zero attached hydrogens (tertiary/aromatic N) is 3. The lowest BCUT2D eigenvalue weighted by Crippen LogP contribution is -2.43. The molecule has 0 saturated carbocycles. The zero-order valence-electron chi connectivity index (χ0n) is 21.7. The van der Waals surface area contributed by atoms with Crippen molar-refractivity contribution in [2.45, 2.75) is 48.2 Å². The van der Waals surface area contributed by atoms with E-state index < -0.39 is 40.6 Å². The van der Waals surface area contributed by atoms with Gasteiger partial charge in [0.25, 0.3) is 0 Å². The van der Waals surface area contributed by atoms with Crippen LogP contribution in [0.25, 0.3) is 6.08 Å². The number of thioether (sulfide) groups is 1. The van der Waals surface area contributed by atoms with Gasteiger partial charge in [-0.1, -0.05) is 49.4 Å².